The molecule has 5 nitrogen and oxygen atoms in total. The Morgan fingerprint density at radius 3 is 2.72 bits per heavy atom. The molecule has 0 saturated carbocycles. The third-order valence-corrected chi connectivity index (χ3v) is 4.47. The van der Waals surface area contributed by atoms with E-state index in [0.29, 0.717) is 5.75 Å². The Hall–Kier alpha value is -3.15. The molecule has 6 heteroatoms. The Balaban J connectivity index is 2.01. The summed E-state index contributed by atoms with van der Waals surface area (Å²) in [5.41, 5.74) is 0.732. The van der Waals surface area contributed by atoms with Gasteiger partial charge in [0, 0.05) is 7.05 Å². The predicted octanol–water partition coefficient (Wildman–Crippen LogP) is 3.12. The molecule has 0 saturated heterocycles. The summed E-state index contributed by atoms with van der Waals surface area (Å²) in [6.07, 6.45) is 0. The van der Waals surface area contributed by atoms with Gasteiger partial charge in [0.15, 0.2) is 5.43 Å². The van der Waals surface area contributed by atoms with Crippen LogP contribution in [0.1, 0.15) is 27.7 Å². The zero-order valence-electron chi connectivity index (χ0n) is 13.6. The highest BCUT2D eigenvalue weighted by molar-refractivity contribution is 5.98. The molecular weight excluding hydrogens is 325 g/mol. The monoisotopic (exact) mass is 339 g/mol. The molecule has 4 rings (SSSR count). The second-order valence-corrected chi connectivity index (χ2v) is 5.91. The molecule has 3 aromatic rings. The highest BCUT2D eigenvalue weighted by atomic mass is 19.1. The summed E-state index contributed by atoms with van der Waals surface area (Å²) in [4.78, 5) is 27.0. The van der Waals surface area contributed by atoms with Crippen molar-refractivity contribution in [1.29, 1.82) is 0 Å². The number of benzene rings is 2. The van der Waals surface area contributed by atoms with Gasteiger partial charge in [0.2, 0.25) is 5.76 Å². The van der Waals surface area contributed by atoms with Gasteiger partial charge in [-0.3, -0.25) is 9.59 Å². The van der Waals surface area contributed by atoms with Crippen molar-refractivity contribution in [3.05, 3.63) is 75.4 Å². The summed E-state index contributed by atoms with van der Waals surface area (Å²) in [5.74, 6) is -0.302. The molecule has 2 heterocycles. The number of hydrogen-bond acceptors (Lipinski definition) is 4. The maximum Gasteiger partial charge on any atom is 0.290 e. The van der Waals surface area contributed by atoms with E-state index in [1.54, 1.807) is 38.4 Å². The maximum atomic E-state index is 13.6. The van der Waals surface area contributed by atoms with Crippen LogP contribution < -0.4 is 10.2 Å². The summed E-state index contributed by atoms with van der Waals surface area (Å²) >= 11 is 0. The van der Waals surface area contributed by atoms with Crippen molar-refractivity contribution in [3.63, 3.8) is 0 Å². The van der Waals surface area contributed by atoms with Gasteiger partial charge in [-0.2, -0.15) is 0 Å². The van der Waals surface area contributed by atoms with E-state index in [-0.39, 0.29) is 28.2 Å². The topological polar surface area (TPSA) is 59.8 Å². The molecule has 1 aliphatic rings. The first kappa shape index (κ1) is 15.4. The lowest BCUT2D eigenvalue weighted by Gasteiger charge is -2.20. The summed E-state index contributed by atoms with van der Waals surface area (Å²) < 4.78 is 24.4. The molecule has 0 fully saturated rings. The molecule has 2 aromatic carbocycles. The van der Waals surface area contributed by atoms with Gasteiger partial charge in [-0.05, 0) is 35.9 Å². The van der Waals surface area contributed by atoms with Gasteiger partial charge in [-0.1, -0.05) is 12.1 Å². The van der Waals surface area contributed by atoms with E-state index >= 15 is 0 Å². The van der Waals surface area contributed by atoms with Crippen LogP contribution in [0.4, 0.5) is 4.39 Å². The van der Waals surface area contributed by atoms with Crippen LogP contribution in [0.2, 0.25) is 0 Å². The Morgan fingerprint density at radius 2 is 1.96 bits per heavy atom. The number of amides is 1. The standard InChI is InChI=1S/C19H14FNO4/c1-21-16(10-4-3-5-12(8-10)24-2)15-17(22)13-9-11(20)6-7-14(13)25-18(15)19(21)23/h3-9,16H,1-2H3/t16-/m1/s1. The quantitative estimate of drug-likeness (QED) is 0.720. The predicted molar refractivity (Wildman–Crippen MR) is 89.4 cm³/mol. The third kappa shape index (κ3) is 2.21. The van der Waals surface area contributed by atoms with Crippen LogP contribution in [0.3, 0.4) is 0 Å². The number of methoxy groups -OCH3 is 1. The van der Waals surface area contributed by atoms with Crippen molar-refractivity contribution in [1.82, 2.24) is 4.90 Å². The molecule has 0 unspecified atom stereocenters. The van der Waals surface area contributed by atoms with Crippen LogP contribution in [-0.4, -0.2) is 25.0 Å². The van der Waals surface area contributed by atoms with E-state index in [4.69, 9.17) is 9.15 Å². The summed E-state index contributed by atoms with van der Waals surface area (Å²) in [7, 11) is 3.15. The molecule has 126 valence electrons. The van der Waals surface area contributed by atoms with Gasteiger partial charge in [0.1, 0.15) is 17.1 Å². The zero-order chi connectivity index (χ0) is 17.7. The molecule has 0 bridgehead atoms. The Bertz CT molecular complexity index is 1070. The first-order valence-corrected chi connectivity index (χ1v) is 7.68. The van der Waals surface area contributed by atoms with Gasteiger partial charge >= 0.3 is 0 Å². The minimum atomic E-state index is -0.610. The number of ether oxygens (including phenoxy) is 1. The fourth-order valence-corrected chi connectivity index (χ4v) is 3.26. The van der Waals surface area contributed by atoms with Gasteiger partial charge in [0.25, 0.3) is 5.91 Å². The highest BCUT2D eigenvalue weighted by Crippen LogP contribution is 2.37. The number of rotatable bonds is 2. The SMILES string of the molecule is COc1cccc([C@@H]2c3c(oc4ccc(F)cc4c3=O)C(=O)N2C)c1. The van der Waals surface area contributed by atoms with Crippen molar-refractivity contribution in [3.8, 4) is 5.75 Å². The minimum absolute atomic E-state index is 0.000530. The first-order valence-electron chi connectivity index (χ1n) is 7.68. The highest BCUT2D eigenvalue weighted by Gasteiger charge is 2.40. The van der Waals surface area contributed by atoms with Crippen LogP contribution in [0.5, 0.6) is 5.75 Å². The Kier molecular flexibility index (Phi) is 3.35. The molecule has 0 aliphatic carbocycles. The molecule has 0 spiro atoms. The Morgan fingerprint density at radius 1 is 1.16 bits per heavy atom. The van der Waals surface area contributed by atoms with E-state index in [9.17, 15) is 14.0 Å². The van der Waals surface area contributed by atoms with Crippen LogP contribution in [0.25, 0.3) is 11.0 Å². The average Bonchev–Trinajstić information content (AvgIpc) is 2.87. The van der Waals surface area contributed by atoms with Gasteiger partial charge < -0.3 is 14.1 Å². The number of carbonyl (C=O) groups is 1. The zero-order valence-corrected chi connectivity index (χ0v) is 13.6. The molecule has 1 amide bonds. The van der Waals surface area contributed by atoms with E-state index < -0.39 is 17.3 Å². The summed E-state index contributed by atoms with van der Waals surface area (Å²) in [6, 6.07) is 10.2. The second-order valence-electron chi connectivity index (χ2n) is 5.91. The molecule has 1 aliphatic heterocycles. The van der Waals surface area contributed by atoms with Gasteiger partial charge in [0.05, 0.1) is 24.1 Å². The number of fused-ring (bicyclic) bond motifs is 2. The van der Waals surface area contributed by atoms with Crippen LogP contribution in [-0.2, 0) is 0 Å². The minimum Gasteiger partial charge on any atom is -0.497 e. The number of carbonyl (C=O) groups excluding carboxylic acids is 1. The van der Waals surface area contributed by atoms with Gasteiger partial charge in [-0.15, -0.1) is 0 Å². The summed E-state index contributed by atoms with van der Waals surface area (Å²) in [5, 5.41) is 0.120. The lowest BCUT2D eigenvalue weighted by molar-refractivity contribution is 0.0771. The Labute approximate surface area is 142 Å². The molecule has 25 heavy (non-hydrogen) atoms. The smallest absolute Gasteiger partial charge is 0.290 e. The van der Waals surface area contributed by atoms with Crippen molar-refractivity contribution in [2.45, 2.75) is 6.04 Å². The molecule has 1 aromatic heterocycles. The van der Waals surface area contributed by atoms with Crippen LogP contribution >= 0.6 is 0 Å². The molecule has 0 N–H and O–H groups in total. The molecule has 0 radical (unpaired) electrons. The van der Waals surface area contributed by atoms with E-state index in [2.05, 4.69) is 0 Å². The number of halogens is 1. The van der Waals surface area contributed by atoms with Crippen molar-refractivity contribution in [2.24, 2.45) is 0 Å². The van der Waals surface area contributed by atoms with Crippen molar-refractivity contribution in [2.75, 3.05) is 14.2 Å². The molecule has 1 atom stereocenters. The first-order chi connectivity index (χ1) is 12.0. The van der Waals surface area contributed by atoms with Gasteiger partial charge in [-0.25, -0.2) is 4.39 Å². The lowest BCUT2D eigenvalue weighted by Crippen LogP contribution is -2.25. The van der Waals surface area contributed by atoms with E-state index in [1.807, 2.05) is 0 Å². The fraction of sp³-hybridized carbons (Fsp3) is 0.158. The van der Waals surface area contributed by atoms with E-state index in [1.165, 1.54) is 17.0 Å². The third-order valence-electron chi connectivity index (χ3n) is 4.47. The van der Waals surface area contributed by atoms with E-state index in [0.717, 1.165) is 11.6 Å². The lowest BCUT2D eigenvalue weighted by atomic mass is 9.98. The second kappa shape index (κ2) is 5.44. The van der Waals surface area contributed by atoms with Crippen molar-refractivity contribution < 1.29 is 18.3 Å². The average molecular weight is 339 g/mol. The normalized spacial score (nSPS) is 16.4. The van der Waals surface area contributed by atoms with Crippen LogP contribution in [0, 0.1) is 5.82 Å². The number of nitrogens with zero attached hydrogens (tertiary/aromatic N) is 1. The largest absolute Gasteiger partial charge is 0.497 e. The maximum absolute atomic E-state index is 13.6. The summed E-state index contributed by atoms with van der Waals surface area (Å²) in [6.45, 7) is 0. The fourth-order valence-electron chi connectivity index (χ4n) is 3.26. The van der Waals surface area contributed by atoms with Crippen molar-refractivity contribution >= 4 is 16.9 Å². The number of hydrogen-bond donors (Lipinski definition) is 0. The van der Waals surface area contributed by atoms with Crippen LogP contribution in [0.15, 0.2) is 51.7 Å². The molecular formula is C19H14FNO4.